The van der Waals surface area contributed by atoms with E-state index in [0.29, 0.717) is 0 Å². The van der Waals surface area contributed by atoms with Gasteiger partial charge in [0.15, 0.2) is 0 Å². The smallest absolute Gasteiger partial charge is 0.253 e. The predicted molar refractivity (Wildman–Crippen MR) is 94.1 cm³/mol. The minimum Gasteiger partial charge on any atom is -0.345 e. The molecule has 6 heteroatoms. The van der Waals surface area contributed by atoms with Gasteiger partial charge in [-0.15, -0.1) is 0 Å². The molecule has 0 bridgehead atoms. The molecular formula is C18H23N5O. The van der Waals surface area contributed by atoms with Crippen LogP contribution in [0.3, 0.4) is 0 Å². The van der Waals surface area contributed by atoms with Crippen LogP contribution in [0.2, 0.25) is 0 Å². The lowest BCUT2D eigenvalue weighted by Crippen LogP contribution is -2.47. The van der Waals surface area contributed by atoms with Crippen molar-refractivity contribution in [3.63, 3.8) is 0 Å². The molecule has 2 aromatic rings. The average Bonchev–Trinajstić information content (AvgIpc) is 2.62. The molecule has 6 nitrogen and oxygen atoms in total. The van der Waals surface area contributed by atoms with E-state index in [9.17, 15) is 4.79 Å². The van der Waals surface area contributed by atoms with Crippen molar-refractivity contribution in [3.8, 4) is 0 Å². The summed E-state index contributed by atoms with van der Waals surface area (Å²) in [4.78, 5) is 27.1. The van der Waals surface area contributed by atoms with E-state index >= 15 is 0 Å². The zero-order chi connectivity index (χ0) is 17.1. The first-order valence-electron chi connectivity index (χ1n) is 8.10. The molecule has 0 aliphatic carbocycles. The van der Waals surface area contributed by atoms with E-state index in [1.807, 2.05) is 24.3 Å². The molecule has 1 aliphatic heterocycles. The van der Waals surface area contributed by atoms with Crippen molar-refractivity contribution in [2.45, 2.75) is 6.04 Å². The number of aromatic nitrogens is 2. The highest BCUT2D eigenvalue weighted by Gasteiger charge is 2.27. The minimum atomic E-state index is 0.0264. The van der Waals surface area contributed by atoms with Gasteiger partial charge >= 0.3 is 0 Å². The Hall–Kier alpha value is -2.47. The largest absolute Gasteiger partial charge is 0.345 e. The first kappa shape index (κ1) is 16.4. The first-order chi connectivity index (χ1) is 11.6. The number of amides is 1. The van der Waals surface area contributed by atoms with Crippen LogP contribution in [-0.4, -0.2) is 66.5 Å². The lowest BCUT2D eigenvalue weighted by atomic mass is 10.00. The number of piperazine rings is 1. The molecule has 0 radical (unpaired) electrons. The number of hydrogen-bond donors (Lipinski definition) is 0. The Morgan fingerprint density at radius 2 is 1.92 bits per heavy atom. The summed E-state index contributed by atoms with van der Waals surface area (Å²) in [6.45, 7) is 2.63. The van der Waals surface area contributed by atoms with Gasteiger partial charge in [-0.05, 0) is 30.8 Å². The topological polar surface area (TPSA) is 52.6 Å². The van der Waals surface area contributed by atoms with E-state index in [-0.39, 0.29) is 11.9 Å². The zero-order valence-corrected chi connectivity index (χ0v) is 14.4. The molecule has 1 amide bonds. The van der Waals surface area contributed by atoms with Gasteiger partial charge in [-0.25, -0.2) is 9.97 Å². The fraction of sp³-hybridized carbons (Fsp3) is 0.389. The molecule has 1 fully saturated rings. The molecule has 1 unspecified atom stereocenters. The first-order valence-corrected chi connectivity index (χ1v) is 8.10. The van der Waals surface area contributed by atoms with Gasteiger partial charge in [0.2, 0.25) is 5.95 Å². The van der Waals surface area contributed by atoms with Crippen molar-refractivity contribution in [2.75, 3.05) is 45.7 Å². The number of nitrogens with zero attached hydrogens (tertiary/aromatic N) is 5. The minimum absolute atomic E-state index is 0.0264. The van der Waals surface area contributed by atoms with Gasteiger partial charge in [-0.1, -0.05) is 12.1 Å². The van der Waals surface area contributed by atoms with Crippen LogP contribution >= 0.6 is 0 Å². The summed E-state index contributed by atoms with van der Waals surface area (Å²) < 4.78 is 0. The van der Waals surface area contributed by atoms with Crippen LogP contribution in [-0.2, 0) is 0 Å². The monoisotopic (exact) mass is 325 g/mol. The Bertz CT molecular complexity index is 704. The summed E-state index contributed by atoms with van der Waals surface area (Å²) in [5.41, 5.74) is 1.87. The van der Waals surface area contributed by atoms with Crippen molar-refractivity contribution in [3.05, 3.63) is 53.9 Å². The summed E-state index contributed by atoms with van der Waals surface area (Å²) in [5, 5.41) is 0. The third-order valence-corrected chi connectivity index (χ3v) is 4.41. The van der Waals surface area contributed by atoms with Gasteiger partial charge in [0.1, 0.15) is 0 Å². The highest BCUT2D eigenvalue weighted by molar-refractivity contribution is 5.94. The molecule has 3 rings (SSSR count). The molecule has 1 aliphatic rings. The van der Waals surface area contributed by atoms with Crippen molar-refractivity contribution in [2.24, 2.45) is 0 Å². The Kier molecular flexibility index (Phi) is 4.76. The van der Waals surface area contributed by atoms with Gasteiger partial charge in [0.05, 0.1) is 6.04 Å². The van der Waals surface area contributed by atoms with Crippen LogP contribution in [0, 0.1) is 0 Å². The van der Waals surface area contributed by atoms with Crippen molar-refractivity contribution in [1.82, 2.24) is 19.8 Å². The number of benzene rings is 1. The van der Waals surface area contributed by atoms with Crippen LogP contribution in [0.5, 0.6) is 0 Å². The van der Waals surface area contributed by atoms with Crippen molar-refractivity contribution in [1.29, 1.82) is 0 Å². The molecule has 1 saturated heterocycles. The molecule has 0 spiro atoms. The summed E-state index contributed by atoms with van der Waals surface area (Å²) >= 11 is 0. The molecule has 2 heterocycles. The van der Waals surface area contributed by atoms with Crippen LogP contribution in [0.15, 0.2) is 42.7 Å². The Morgan fingerprint density at radius 1 is 1.17 bits per heavy atom. The summed E-state index contributed by atoms with van der Waals surface area (Å²) in [5.74, 6) is 0.787. The molecule has 1 atom stereocenters. The van der Waals surface area contributed by atoms with E-state index in [4.69, 9.17) is 0 Å². The van der Waals surface area contributed by atoms with Crippen LogP contribution < -0.4 is 4.90 Å². The second kappa shape index (κ2) is 6.97. The van der Waals surface area contributed by atoms with E-state index in [2.05, 4.69) is 32.9 Å². The predicted octanol–water partition coefficient (Wildman–Crippen LogP) is 1.67. The lowest BCUT2D eigenvalue weighted by molar-refractivity contribution is 0.0827. The second-order valence-corrected chi connectivity index (χ2v) is 6.32. The zero-order valence-electron chi connectivity index (χ0n) is 14.4. The maximum Gasteiger partial charge on any atom is 0.253 e. The number of hydrogen-bond acceptors (Lipinski definition) is 5. The fourth-order valence-electron chi connectivity index (χ4n) is 3.01. The fourth-order valence-corrected chi connectivity index (χ4v) is 3.01. The molecule has 1 aromatic heterocycles. The highest BCUT2D eigenvalue weighted by atomic mass is 16.2. The number of carbonyl (C=O) groups is 1. The Morgan fingerprint density at radius 3 is 2.62 bits per heavy atom. The van der Waals surface area contributed by atoms with E-state index < -0.39 is 0 Å². The average molecular weight is 325 g/mol. The van der Waals surface area contributed by atoms with E-state index in [1.54, 1.807) is 31.4 Å². The highest BCUT2D eigenvalue weighted by Crippen LogP contribution is 2.26. The number of carbonyl (C=O) groups excluding carboxylic acids is 1. The number of likely N-dealkylation sites (N-methyl/N-ethyl adjacent to an activating group) is 1. The molecule has 126 valence electrons. The summed E-state index contributed by atoms with van der Waals surface area (Å²) in [7, 11) is 5.67. The second-order valence-electron chi connectivity index (χ2n) is 6.32. The van der Waals surface area contributed by atoms with Gasteiger partial charge in [0.25, 0.3) is 5.91 Å². The Balaban J connectivity index is 1.84. The maximum atomic E-state index is 12.2. The van der Waals surface area contributed by atoms with Gasteiger partial charge in [-0.3, -0.25) is 9.69 Å². The number of rotatable bonds is 3. The quantitative estimate of drug-likeness (QED) is 0.859. The Labute approximate surface area is 142 Å². The van der Waals surface area contributed by atoms with Gasteiger partial charge < -0.3 is 9.80 Å². The molecule has 0 N–H and O–H groups in total. The summed E-state index contributed by atoms with van der Waals surface area (Å²) in [6.07, 6.45) is 3.54. The third-order valence-electron chi connectivity index (χ3n) is 4.41. The van der Waals surface area contributed by atoms with E-state index in [0.717, 1.165) is 36.7 Å². The summed E-state index contributed by atoms with van der Waals surface area (Å²) in [6, 6.07) is 9.94. The van der Waals surface area contributed by atoms with Gasteiger partial charge in [0, 0.05) is 51.7 Å². The molecule has 24 heavy (non-hydrogen) atoms. The normalized spacial score (nSPS) is 18.5. The lowest BCUT2D eigenvalue weighted by Gasteiger charge is -2.39. The van der Waals surface area contributed by atoms with Crippen LogP contribution in [0.1, 0.15) is 22.0 Å². The maximum absolute atomic E-state index is 12.2. The van der Waals surface area contributed by atoms with Crippen molar-refractivity contribution >= 4 is 11.9 Å². The number of anilines is 1. The van der Waals surface area contributed by atoms with Crippen molar-refractivity contribution < 1.29 is 4.79 Å². The van der Waals surface area contributed by atoms with E-state index in [1.165, 1.54) is 0 Å². The van der Waals surface area contributed by atoms with Gasteiger partial charge in [-0.2, -0.15) is 0 Å². The standard InChI is InChI=1S/C18H23N5O/c1-21(2)17(24)15-7-4-6-14(12-15)16-13-23(11-10-22(16)3)18-19-8-5-9-20-18/h4-9,12,16H,10-11,13H2,1-3H3. The molecular weight excluding hydrogens is 302 g/mol. The van der Waals surface area contributed by atoms with Crippen LogP contribution in [0.4, 0.5) is 5.95 Å². The SMILES string of the molecule is CN(C)C(=O)c1cccc(C2CN(c3ncccn3)CCN2C)c1. The molecule has 1 aromatic carbocycles. The molecule has 0 saturated carbocycles. The third kappa shape index (κ3) is 3.38. The van der Waals surface area contributed by atoms with Crippen LogP contribution in [0.25, 0.3) is 0 Å².